The monoisotopic (exact) mass is 339 g/mol. The van der Waals surface area contributed by atoms with E-state index >= 15 is 0 Å². The molecule has 0 saturated heterocycles. The molecule has 0 aliphatic carbocycles. The predicted octanol–water partition coefficient (Wildman–Crippen LogP) is 2.01. The zero-order valence-corrected chi connectivity index (χ0v) is 14.2. The molecule has 1 aromatic carbocycles. The van der Waals surface area contributed by atoms with Crippen molar-refractivity contribution in [3.05, 3.63) is 41.4 Å². The first kappa shape index (κ1) is 16.6. The highest BCUT2D eigenvalue weighted by Crippen LogP contribution is 2.28. The van der Waals surface area contributed by atoms with E-state index in [0.29, 0.717) is 10.8 Å². The van der Waals surface area contributed by atoms with Crippen molar-refractivity contribution < 1.29 is 13.2 Å². The second-order valence-electron chi connectivity index (χ2n) is 4.86. The summed E-state index contributed by atoms with van der Waals surface area (Å²) in [7, 11) is -2.04. The lowest BCUT2D eigenvalue weighted by Crippen LogP contribution is -2.38. The topological polar surface area (TPSA) is 70.6 Å². The molecule has 6 nitrogen and oxygen atoms in total. The number of para-hydroxylation sites is 1. The Balaban J connectivity index is 2.35. The number of sulfonamides is 1. The number of likely N-dealkylation sites (N-methyl/N-ethyl adjacent to an activating group) is 1. The lowest BCUT2D eigenvalue weighted by Gasteiger charge is -2.22. The first-order chi connectivity index (χ1) is 10.3. The Labute approximate surface area is 134 Å². The van der Waals surface area contributed by atoms with Crippen molar-refractivity contribution in [2.24, 2.45) is 0 Å². The van der Waals surface area contributed by atoms with Gasteiger partial charge in [0.05, 0.1) is 24.2 Å². The van der Waals surface area contributed by atoms with Crippen molar-refractivity contribution >= 4 is 38.1 Å². The van der Waals surface area contributed by atoms with Gasteiger partial charge in [-0.25, -0.2) is 13.4 Å². The third kappa shape index (κ3) is 3.90. The van der Waals surface area contributed by atoms with Crippen molar-refractivity contribution in [2.75, 3.05) is 24.7 Å². The maximum absolute atomic E-state index is 12.6. The van der Waals surface area contributed by atoms with E-state index in [-0.39, 0.29) is 12.5 Å². The number of carbonyl (C=O) groups is 1. The van der Waals surface area contributed by atoms with Gasteiger partial charge in [0, 0.05) is 12.4 Å². The minimum absolute atomic E-state index is 0.244. The van der Waals surface area contributed by atoms with Crippen LogP contribution in [0.4, 0.5) is 10.8 Å². The number of aromatic nitrogens is 1. The fourth-order valence-corrected chi connectivity index (χ4v) is 2.94. The maximum atomic E-state index is 12.6. The molecule has 0 unspecified atom stereocenters. The molecule has 0 aliphatic rings. The first-order valence-electron chi connectivity index (χ1n) is 6.50. The summed E-state index contributed by atoms with van der Waals surface area (Å²) in [6.45, 7) is 1.60. The molecule has 0 aliphatic heterocycles. The van der Waals surface area contributed by atoms with Crippen LogP contribution in [0.3, 0.4) is 0 Å². The van der Waals surface area contributed by atoms with Gasteiger partial charge in [-0.2, -0.15) is 4.31 Å². The Hall–Kier alpha value is -1.77. The van der Waals surface area contributed by atoms with Gasteiger partial charge < -0.3 is 0 Å². The Morgan fingerprint density at radius 1 is 1.27 bits per heavy atom. The van der Waals surface area contributed by atoms with Gasteiger partial charge in [-0.05, 0) is 19.1 Å². The highest BCUT2D eigenvalue weighted by atomic mass is 32.2. The number of anilines is 2. The smallest absolute Gasteiger partial charge is 0.248 e. The van der Waals surface area contributed by atoms with Gasteiger partial charge in [0.15, 0.2) is 5.13 Å². The summed E-state index contributed by atoms with van der Waals surface area (Å²) >= 11 is 1.34. The molecule has 8 heteroatoms. The van der Waals surface area contributed by atoms with Crippen LogP contribution in [0.2, 0.25) is 0 Å². The summed E-state index contributed by atoms with van der Waals surface area (Å²) < 4.78 is 24.0. The SMILES string of the molecule is Cc1csc(N(C(=O)CN(C)S(C)(=O)=O)c2ccccc2)n1. The van der Waals surface area contributed by atoms with E-state index in [2.05, 4.69) is 4.98 Å². The fourth-order valence-electron chi connectivity index (χ4n) is 1.76. The Kier molecular flexibility index (Phi) is 4.94. The van der Waals surface area contributed by atoms with Gasteiger partial charge >= 0.3 is 0 Å². The summed E-state index contributed by atoms with van der Waals surface area (Å²) in [6.07, 6.45) is 1.07. The summed E-state index contributed by atoms with van der Waals surface area (Å²) in [6, 6.07) is 9.05. The molecule has 0 N–H and O–H groups in total. The van der Waals surface area contributed by atoms with Crippen molar-refractivity contribution in [1.29, 1.82) is 0 Å². The van der Waals surface area contributed by atoms with E-state index in [1.807, 2.05) is 30.5 Å². The van der Waals surface area contributed by atoms with Crippen LogP contribution in [-0.4, -0.2) is 43.5 Å². The van der Waals surface area contributed by atoms with Gasteiger partial charge in [-0.1, -0.05) is 18.2 Å². The molecule has 2 aromatic rings. The average molecular weight is 339 g/mol. The zero-order chi connectivity index (χ0) is 16.3. The van der Waals surface area contributed by atoms with E-state index in [1.54, 1.807) is 12.1 Å². The third-order valence-corrected chi connectivity index (χ3v) is 5.19. The van der Waals surface area contributed by atoms with Gasteiger partial charge in [-0.15, -0.1) is 11.3 Å². The van der Waals surface area contributed by atoms with Crippen LogP contribution in [-0.2, 0) is 14.8 Å². The molecule has 2 rings (SSSR count). The summed E-state index contributed by atoms with van der Waals surface area (Å²) in [5.74, 6) is -0.353. The van der Waals surface area contributed by atoms with Crippen LogP contribution >= 0.6 is 11.3 Å². The number of benzene rings is 1. The van der Waals surface area contributed by atoms with Crippen LogP contribution in [0.1, 0.15) is 5.69 Å². The van der Waals surface area contributed by atoms with Gasteiger partial charge in [0.25, 0.3) is 0 Å². The molecule has 1 aromatic heterocycles. The number of carbonyl (C=O) groups excluding carboxylic acids is 1. The quantitative estimate of drug-likeness (QED) is 0.835. The van der Waals surface area contributed by atoms with Crippen LogP contribution in [0.5, 0.6) is 0 Å². The number of hydrogen-bond acceptors (Lipinski definition) is 5. The van der Waals surface area contributed by atoms with Gasteiger partial charge in [0.1, 0.15) is 0 Å². The summed E-state index contributed by atoms with van der Waals surface area (Å²) in [4.78, 5) is 18.4. The van der Waals surface area contributed by atoms with E-state index < -0.39 is 10.0 Å². The minimum atomic E-state index is -3.42. The van der Waals surface area contributed by atoms with Crippen molar-refractivity contribution in [3.63, 3.8) is 0 Å². The van der Waals surface area contributed by atoms with E-state index in [4.69, 9.17) is 0 Å². The number of nitrogens with zero attached hydrogens (tertiary/aromatic N) is 3. The molecule has 1 heterocycles. The van der Waals surface area contributed by atoms with Crippen LogP contribution in [0.25, 0.3) is 0 Å². The zero-order valence-electron chi connectivity index (χ0n) is 12.6. The molecule has 0 spiro atoms. The van der Waals surface area contributed by atoms with E-state index in [9.17, 15) is 13.2 Å². The number of amides is 1. The average Bonchev–Trinajstić information content (AvgIpc) is 2.85. The van der Waals surface area contributed by atoms with E-state index in [0.717, 1.165) is 16.3 Å². The molecule has 0 atom stereocenters. The predicted molar refractivity (Wildman–Crippen MR) is 87.9 cm³/mol. The van der Waals surface area contributed by atoms with Crippen molar-refractivity contribution in [3.8, 4) is 0 Å². The van der Waals surface area contributed by atoms with Gasteiger partial charge in [0.2, 0.25) is 15.9 Å². The Morgan fingerprint density at radius 2 is 1.91 bits per heavy atom. The van der Waals surface area contributed by atoms with Crippen LogP contribution < -0.4 is 4.90 Å². The Bertz CT molecular complexity index is 757. The molecule has 0 saturated carbocycles. The molecule has 0 bridgehead atoms. The second-order valence-corrected chi connectivity index (χ2v) is 7.78. The standard InChI is InChI=1S/C14H17N3O3S2/c1-11-10-21-14(15-11)17(12-7-5-4-6-8-12)13(18)9-16(2)22(3,19)20/h4-8,10H,9H2,1-3H3. The molecule has 1 amide bonds. The highest BCUT2D eigenvalue weighted by molar-refractivity contribution is 7.88. The largest absolute Gasteiger partial charge is 0.272 e. The Morgan fingerprint density at radius 3 is 2.41 bits per heavy atom. The van der Waals surface area contributed by atoms with Crippen molar-refractivity contribution in [1.82, 2.24) is 9.29 Å². The lowest BCUT2D eigenvalue weighted by molar-refractivity contribution is -0.117. The third-order valence-electron chi connectivity index (χ3n) is 2.99. The first-order valence-corrected chi connectivity index (χ1v) is 9.23. The maximum Gasteiger partial charge on any atom is 0.248 e. The van der Waals surface area contributed by atoms with Crippen molar-refractivity contribution in [2.45, 2.75) is 6.92 Å². The van der Waals surface area contributed by atoms with Crippen LogP contribution in [0, 0.1) is 6.92 Å². The molecular formula is C14H17N3O3S2. The molecule has 0 radical (unpaired) electrons. The number of aryl methyl sites for hydroxylation is 1. The van der Waals surface area contributed by atoms with E-state index in [1.165, 1.54) is 23.3 Å². The molecule has 22 heavy (non-hydrogen) atoms. The fraction of sp³-hybridized carbons (Fsp3) is 0.286. The van der Waals surface area contributed by atoms with Gasteiger partial charge in [-0.3, -0.25) is 9.69 Å². The minimum Gasteiger partial charge on any atom is -0.272 e. The molecule has 118 valence electrons. The number of thiazole rings is 1. The molecular weight excluding hydrogens is 322 g/mol. The van der Waals surface area contributed by atoms with Crippen LogP contribution in [0.15, 0.2) is 35.7 Å². The highest BCUT2D eigenvalue weighted by Gasteiger charge is 2.24. The summed E-state index contributed by atoms with van der Waals surface area (Å²) in [5, 5.41) is 2.37. The number of hydrogen-bond donors (Lipinski definition) is 0. The molecule has 0 fully saturated rings. The second kappa shape index (κ2) is 6.55. The number of rotatable bonds is 5. The summed E-state index contributed by atoms with van der Waals surface area (Å²) in [5.41, 5.74) is 1.47. The normalized spacial score (nSPS) is 11.6. The lowest BCUT2D eigenvalue weighted by atomic mass is 10.3.